The van der Waals surface area contributed by atoms with Gasteiger partial charge in [0.05, 0.1) is 18.4 Å². The first kappa shape index (κ1) is 12.1. The summed E-state index contributed by atoms with van der Waals surface area (Å²) in [4.78, 5) is 0. The summed E-state index contributed by atoms with van der Waals surface area (Å²) in [6.45, 7) is 3.60. The Balaban J connectivity index is 2.29. The highest BCUT2D eigenvalue weighted by Crippen LogP contribution is 2.40. The third-order valence-electron chi connectivity index (χ3n) is 3.35. The Bertz CT molecular complexity index is 416. The Morgan fingerprint density at radius 1 is 1.76 bits per heavy atom. The standard InChI is InChI=1S/C12H17N3O2/c1-2-15-10(4-6-14-15)11(16)12(8-13)5-3-7-17-9-12/h4,6,11,16H,2-3,5,7,9H2,1H3. The van der Waals surface area contributed by atoms with Gasteiger partial charge in [0.25, 0.3) is 0 Å². The number of aromatic nitrogens is 2. The average molecular weight is 235 g/mol. The van der Waals surface area contributed by atoms with E-state index in [0.29, 0.717) is 31.9 Å². The minimum atomic E-state index is -0.838. The van der Waals surface area contributed by atoms with Crippen molar-refractivity contribution in [3.05, 3.63) is 18.0 Å². The number of aliphatic hydroxyl groups is 1. The summed E-state index contributed by atoms with van der Waals surface area (Å²) in [7, 11) is 0. The molecule has 92 valence electrons. The molecule has 0 spiro atoms. The van der Waals surface area contributed by atoms with Crippen molar-refractivity contribution in [2.75, 3.05) is 13.2 Å². The van der Waals surface area contributed by atoms with E-state index >= 15 is 0 Å². The van der Waals surface area contributed by atoms with E-state index in [4.69, 9.17) is 4.74 Å². The maximum Gasteiger partial charge on any atom is 0.116 e. The molecule has 1 aromatic heterocycles. The molecule has 5 heteroatoms. The van der Waals surface area contributed by atoms with E-state index in [-0.39, 0.29) is 0 Å². The molecule has 1 aliphatic heterocycles. The highest BCUT2D eigenvalue weighted by atomic mass is 16.5. The van der Waals surface area contributed by atoms with Gasteiger partial charge >= 0.3 is 0 Å². The lowest BCUT2D eigenvalue weighted by Gasteiger charge is -2.34. The van der Waals surface area contributed by atoms with Crippen molar-refractivity contribution < 1.29 is 9.84 Å². The van der Waals surface area contributed by atoms with Gasteiger partial charge in [-0.15, -0.1) is 0 Å². The van der Waals surface area contributed by atoms with E-state index in [9.17, 15) is 10.4 Å². The Morgan fingerprint density at radius 2 is 2.59 bits per heavy atom. The molecule has 0 aromatic carbocycles. The van der Waals surface area contributed by atoms with Crippen LogP contribution >= 0.6 is 0 Å². The fraction of sp³-hybridized carbons (Fsp3) is 0.667. The van der Waals surface area contributed by atoms with Crippen molar-refractivity contribution in [3.8, 4) is 6.07 Å². The first-order valence-electron chi connectivity index (χ1n) is 5.92. The van der Waals surface area contributed by atoms with Gasteiger partial charge in [-0.2, -0.15) is 10.4 Å². The van der Waals surface area contributed by atoms with Crippen LogP contribution in [0.3, 0.4) is 0 Å². The maximum atomic E-state index is 10.4. The molecule has 1 aromatic rings. The van der Waals surface area contributed by atoms with Crippen LogP contribution < -0.4 is 0 Å². The second-order valence-corrected chi connectivity index (χ2v) is 4.40. The van der Waals surface area contributed by atoms with Crippen LogP contribution in [0.4, 0.5) is 0 Å². The molecule has 2 atom stereocenters. The van der Waals surface area contributed by atoms with Crippen LogP contribution in [0.2, 0.25) is 0 Å². The summed E-state index contributed by atoms with van der Waals surface area (Å²) in [6, 6.07) is 4.01. The van der Waals surface area contributed by atoms with Gasteiger partial charge in [-0.3, -0.25) is 4.68 Å². The van der Waals surface area contributed by atoms with E-state index in [0.717, 1.165) is 6.42 Å². The molecule has 0 saturated carbocycles. The van der Waals surface area contributed by atoms with E-state index < -0.39 is 11.5 Å². The van der Waals surface area contributed by atoms with Crippen LogP contribution in [0.1, 0.15) is 31.6 Å². The Hall–Kier alpha value is -1.38. The zero-order valence-electron chi connectivity index (χ0n) is 9.96. The molecule has 2 unspecified atom stereocenters. The number of nitrogens with zero attached hydrogens (tertiary/aromatic N) is 3. The fourth-order valence-electron chi connectivity index (χ4n) is 2.30. The van der Waals surface area contributed by atoms with E-state index in [1.807, 2.05) is 6.92 Å². The summed E-state index contributed by atoms with van der Waals surface area (Å²) in [5, 5.41) is 23.9. The molecule has 1 saturated heterocycles. The molecule has 1 fully saturated rings. The van der Waals surface area contributed by atoms with Gasteiger partial charge in [-0.25, -0.2) is 0 Å². The number of rotatable bonds is 3. The highest BCUT2D eigenvalue weighted by Gasteiger charge is 2.42. The smallest absolute Gasteiger partial charge is 0.116 e. The number of nitriles is 1. The van der Waals surface area contributed by atoms with Gasteiger partial charge in [0.1, 0.15) is 11.5 Å². The molecule has 0 amide bonds. The van der Waals surface area contributed by atoms with Crippen LogP contribution in [0.5, 0.6) is 0 Å². The summed E-state index contributed by atoms with van der Waals surface area (Å²) < 4.78 is 7.08. The van der Waals surface area contributed by atoms with Crippen LogP contribution in [0.15, 0.2) is 12.3 Å². The minimum absolute atomic E-state index is 0.291. The minimum Gasteiger partial charge on any atom is -0.385 e. The second kappa shape index (κ2) is 4.86. The molecule has 0 aliphatic carbocycles. The third-order valence-corrected chi connectivity index (χ3v) is 3.35. The number of hydrogen-bond acceptors (Lipinski definition) is 4. The summed E-state index contributed by atoms with van der Waals surface area (Å²) >= 11 is 0. The quantitative estimate of drug-likeness (QED) is 0.856. The number of aryl methyl sites for hydroxylation is 1. The normalized spacial score (nSPS) is 26.4. The summed E-state index contributed by atoms with van der Waals surface area (Å²) in [5.41, 5.74) is -0.134. The maximum absolute atomic E-state index is 10.4. The molecular formula is C12H17N3O2. The zero-order valence-corrected chi connectivity index (χ0v) is 9.96. The van der Waals surface area contributed by atoms with Gasteiger partial charge in [0, 0.05) is 19.3 Å². The molecule has 1 aliphatic rings. The number of hydrogen-bond donors (Lipinski definition) is 1. The van der Waals surface area contributed by atoms with Gasteiger partial charge in [-0.1, -0.05) is 0 Å². The first-order valence-corrected chi connectivity index (χ1v) is 5.92. The van der Waals surface area contributed by atoms with Gasteiger partial charge in [0.2, 0.25) is 0 Å². The fourth-order valence-corrected chi connectivity index (χ4v) is 2.30. The van der Waals surface area contributed by atoms with Crippen molar-refractivity contribution in [3.63, 3.8) is 0 Å². The SMILES string of the molecule is CCn1nccc1C(O)C1(C#N)CCCOC1. The molecule has 0 bridgehead atoms. The lowest BCUT2D eigenvalue weighted by molar-refractivity contribution is -0.0536. The van der Waals surface area contributed by atoms with Crippen molar-refractivity contribution >= 4 is 0 Å². The predicted octanol–water partition coefficient (Wildman–Crippen LogP) is 1.26. The molecule has 0 radical (unpaired) electrons. The summed E-state index contributed by atoms with van der Waals surface area (Å²) in [5.74, 6) is 0. The molecule has 2 heterocycles. The lowest BCUT2D eigenvalue weighted by atomic mass is 9.77. The van der Waals surface area contributed by atoms with E-state index in [1.54, 1.807) is 16.9 Å². The van der Waals surface area contributed by atoms with Crippen molar-refractivity contribution in [2.24, 2.45) is 5.41 Å². The zero-order chi connectivity index (χ0) is 12.3. The van der Waals surface area contributed by atoms with Gasteiger partial charge in [0.15, 0.2) is 0 Å². The van der Waals surface area contributed by atoms with Gasteiger partial charge < -0.3 is 9.84 Å². The van der Waals surface area contributed by atoms with Crippen LogP contribution in [0.25, 0.3) is 0 Å². The average Bonchev–Trinajstić information content (AvgIpc) is 2.86. The number of ether oxygens (including phenoxy) is 1. The van der Waals surface area contributed by atoms with Gasteiger partial charge in [-0.05, 0) is 25.8 Å². The van der Waals surface area contributed by atoms with Crippen molar-refractivity contribution in [2.45, 2.75) is 32.4 Å². The Morgan fingerprint density at radius 3 is 3.18 bits per heavy atom. The summed E-state index contributed by atoms with van der Waals surface area (Å²) in [6.07, 6.45) is 2.29. The Kier molecular flexibility index (Phi) is 3.46. The lowest BCUT2D eigenvalue weighted by Crippen LogP contribution is -2.37. The van der Waals surface area contributed by atoms with Crippen LogP contribution in [0, 0.1) is 16.7 Å². The largest absolute Gasteiger partial charge is 0.385 e. The predicted molar refractivity (Wildman–Crippen MR) is 61.0 cm³/mol. The third kappa shape index (κ3) is 2.06. The van der Waals surface area contributed by atoms with Crippen molar-refractivity contribution in [1.82, 2.24) is 9.78 Å². The van der Waals surface area contributed by atoms with Crippen LogP contribution in [-0.2, 0) is 11.3 Å². The topological polar surface area (TPSA) is 71.1 Å². The van der Waals surface area contributed by atoms with Crippen LogP contribution in [-0.4, -0.2) is 28.1 Å². The Labute approximate surface area is 101 Å². The second-order valence-electron chi connectivity index (χ2n) is 4.40. The number of aliphatic hydroxyl groups excluding tert-OH is 1. The highest BCUT2D eigenvalue weighted by molar-refractivity contribution is 5.16. The monoisotopic (exact) mass is 235 g/mol. The first-order chi connectivity index (χ1) is 8.23. The van der Waals surface area contributed by atoms with E-state index in [1.165, 1.54) is 0 Å². The molecule has 17 heavy (non-hydrogen) atoms. The van der Waals surface area contributed by atoms with Crippen molar-refractivity contribution in [1.29, 1.82) is 5.26 Å². The molecule has 1 N–H and O–H groups in total. The molecular weight excluding hydrogens is 218 g/mol. The molecule has 2 rings (SSSR count). The molecule has 5 nitrogen and oxygen atoms in total. The van der Waals surface area contributed by atoms with E-state index in [2.05, 4.69) is 11.2 Å².